The van der Waals surface area contributed by atoms with Crippen molar-refractivity contribution in [1.29, 1.82) is 0 Å². The number of hydrogen-bond acceptors (Lipinski definition) is 2. The Balaban J connectivity index is 2.44. The van der Waals surface area contributed by atoms with Crippen molar-refractivity contribution in [2.75, 3.05) is 6.54 Å². The standard InChI is InChI=1S/C12H16F2N2O/c1-8(15)3-2-6-16-12(17)9-4-5-10(13)11(14)7-9/h4-5,7-8H,2-3,6,15H2,1H3,(H,16,17). The minimum atomic E-state index is -1.02. The predicted molar refractivity (Wildman–Crippen MR) is 61.6 cm³/mol. The van der Waals surface area contributed by atoms with Gasteiger partial charge in [-0.3, -0.25) is 4.79 Å². The van der Waals surface area contributed by atoms with Crippen LogP contribution in [0.25, 0.3) is 0 Å². The van der Waals surface area contributed by atoms with Crippen molar-refractivity contribution in [3.8, 4) is 0 Å². The van der Waals surface area contributed by atoms with Crippen molar-refractivity contribution in [3.05, 3.63) is 35.4 Å². The highest BCUT2D eigenvalue weighted by atomic mass is 19.2. The van der Waals surface area contributed by atoms with Gasteiger partial charge in [0.2, 0.25) is 0 Å². The first kappa shape index (κ1) is 13.6. The normalized spacial score (nSPS) is 12.2. The number of carbonyl (C=O) groups is 1. The van der Waals surface area contributed by atoms with Crippen LogP contribution in [0.2, 0.25) is 0 Å². The van der Waals surface area contributed by atoms with Crippen LogP contribution in [-0.2, 0) is 0 Å². The molecule has 1 atom stereocenters. The van der Waals surface area contributed by atoms with E-state index in [1.807, 2.05) is 6.92 Å². The molecule has 0 saturated heterocycles. The van der Waals surface area contributed by atoms with Crippen molar-refractivity contribution in [2.24, 2.45) is 5.73 Å². The zero-order valence-corrected chi connectivity index (χ0v) is 9.67. The molecule has 1 rings (SSSR count). The lowest BCUT2D eigenvalue weighted by molar-refractivity contribution is 0.0952. The lowest BCUT2D eigenvalue weighted by Gasteiger charge is -2.07. The van der Waals surface area contributed by atoms with Gasteiger partial charge in [0.05, 0.1) is 0 Å². The number of hydrogen-bond donors (Lipinski definition) is 2. The summed E-state index contributed by atoms with van der Waals surface area (Å²) in [5, 5.41) is 2.62. The van der Waals surface area contributed by atoms with Gasteiger partial charge in [0.1, 0.15) is 0 Å². The van der Waals surface area contributed by atoms with E-state index in [-0.39, 0.29) is 11.6 Å². The Bertz CT molecular complexity index is 394. The summed E-state index contributed by atoms with van der Waals surface area (Å²) in [6.45, 7) is 2.36. The summed E-state index contributed by atoms with van der Waals surface area (Å²) in [5.74, 6) is -2.39. The smallest absolute Gasteiger partial charge is 0.251 e. The fourth-order valence-corrected chi connectivity index (χ4v) is 1.37. The van der Waals surface area contributed by atoms with E-state index in [4.69, 9.17) is 5.73 Å². The molecule has 0 heterocycles. The fourth-order valence-electron chi connectivity index (χ4n) is 1.37. The maximum Gasteiger partial charge on any atom is 0.251 e. The van der Waals surface area contributed by atoms with Gasteiger partial charge in [-0.15, -0.1) is 0 Å². The quantitative estimate of drug-likeness (QED) is 0.774. The van der Waals surface area contributed by atoms with Crippen LogP contribution in [0.4, 0.5) is 8.78 Å². The minimum absolute atomic E-state index is 0.0927. The van der Waals surface area contributed by atoms with E-state index < -0.39 is 17.5 Å². The molecule has 0 fully saturated rings. The first-order valence-corrected chi connectivity index (χ1v) is 5.49. The molecule has 0 radical (unpaired) electrons. The molecule has 1 aromatic rings. The maximum atomic E-state index is 12.9. The Morgan fingerprint density at radius 3 is 2.71 bits per heavy atom. The van der Waals surface area contributed by atoms with Crippen LogP contribution in [0.3, 0.4) is 0 Å². The molecule has 1 unspecified atom stereocenters. The molecule has 0 spiro atoms. The molecule has 3 nitrogen and oxygen atoms in total. The molecule has 3 N–H and O–H groups in total. The zero-order chi connectivity index (χ0) is 12.8. The lowest BCUT2D eigenvalue weighted by atomic mass is 10.2. The largest absolute Gasteiger partial charge is 0.352 e. The maximum absolute atomic E-state index is 12.9. The van der Waals surface area contributed by atoms with Crippen molar-refractivity contribution in [1.82, 2.24) is 5.32 Å². The number of benzene rings is 1. The number of nitrogens with two attached hydrogens (primary N) is 1. The van der Waals surface area contributed by atoms with Crippen LogP contribution < -0.4 is 11.1 Å². The van der Waals surface area contributed by atoms with Crippen molar-refractivity contribution >= 4 is 5.91 Å². The highest BCUT2D eigenvalue weighted by molar-refractivity contribution is 5.94. The van der Waals surface area contributed by atoms with E-state index in [0.29, 0.717) is 6.54 Å². The van der Waals surface area contributed by atoms with Gasteiger partial charge in [0.25, 0.3) is 5.91 Å². The number of carbonyl (C=O) groups excluding carboxylic acids is 1. The van der Waals surface area contributed by atoms with Crippen molar-refractivity contribution < 1.29 is 13.6 Å². The van der Waals surface area contributed by atoms with Crippen LogP contribution in [0.15, 0.2) is 18.2 Å². The van der Waals surface area contributed by atoms with E-state index in [9.17, 15) is 13.6 Å². The Morgan fingerprint density at radius 1 is 1.41 bits per heavy atom. The average Bonchev–Trinajstić information content (AvgIpc) is 2.27. The molecule has 0 saturated carbocycles. The van der Waals surface area contributed by atoms with Crippen LogP contribution in [-0.4, -0.2) is 18.5 Å². The molecule has 1 aromatic carbocycles. The summed E-state index contributed by atoms with van der Waals surface area (Å²) >= 11 is 0. The lowest BCUT2D eigenvalue weighted by Crippen LogP contribution is -2.26. The topological polar surface area (TPSA) is 55.1 Å². The van der Waals surface area contributed by atoms with Crippen molar-refractivity contribution in [2.45, 2.75) is 25.8 Å². The van der Waals surface area contributed by atoms with Crippen LogP contribution >= 0.6 is 0 Å². The Labute approximate surface area is 99.0 Å². The molecular formula is C12H16F2N2O. The summed E-state index contributed by atoms with van der Waals surface area (Å²) in [4.78, 5) is 11.5. The van der Waals surface area contributed by atoms with Gasteiger partial charge >= 0.3 is 0 Å². The highest BCUT2D eigenvalue weighted by Crippen LogP contribution is 2.08. The third kappa shape index (κ3) is 4.48. The summed E-state index contributed by atoms with van der Waals surface area (Å²) in [5.41, 5.74) is 5.67. The Hall–Kier alpha value is -1.49. The van der Waals surface area contributed by atoms with Gasteiger partial charge in [-0.2, -0.15) is 0 Å². The van der Waals surface area contributed by atoms with Crippen LogP contribution in [0, 0.1) is 11.6 Å². The second-order valence-corrected chi connectivity index (χ2v) is 4.00. The number of nitrogens with one attached hydrogen (secondary N) is 1. The first-order valence-electron chi connectivity index (χ1n) is 5.49. The highest BCUT2D eigenvalue weighted by Gasteiger charge is 2.08. The number of amides is 1. The number of rotatable bonds is 5. The molecule has 94 valence electrons. The van der Waals surface area contributed by atoms with Gasteiger partial charge in [0.15, 0.2) is 11.6 Å². The molecule has 17 heavy (non-hydrogen) atoms. The van der Waals surface area contributed by atoms with Gasteiger partial charge in [-0.1, -0.05) is 0 Å². The van der Waals surface area contributed by atoms with E-state index >= 15 is 0 Å². The molecule has 0 aliphatic heterocycles. The SMILES string of the molecule is CC(N)CCCNC(=O)c1ccc(F)c(F)c1. The summed E-state index contributed by atoms with van der Waals surface area (Å²) in [7, 11) is 0. The Kier molecular flexibility index (Phi) is 5.03. The number of halogens is 2. The molecule has 0 aliphatic rings. The minimum Gasteiger partial charge on any atom is -0.352 e. The van der Waals surface area contributed by atoms with Gasteiger partial charge in [0, 0.05) is 18.2 Å². The fraction of sp³-hybridized carbons (Fsp3) is 0.417. The van der Waals surface area contributed by atoms with E-state index in [1.54, 1.807) is 0 Å². The third-order valence-corrected chi connectivity index (χ3v) is 2.30. The van der Waals surface area contributed by atoms with Crippen molar-refractivity contribution in [3.63, 3.8) is 0 Å². The summed E-state index contributed by atoms with van der Waals surface area (Å²) in [6, 6.07) is 3.16. The molecule has 1 amide bonds. The predicted octanol–water partition coefficient (Wildman–Crippen LogP) is 1.82. The summed E-state index contributed by atoms with van der Waals surface area (Å²) < 4.78 is 25.5. The van der Waals surface area contributed by atoms with E-state index in [0.717, 1.165) is 25.0 Å². The van der Waals surface area contributed by atoms with E-state index in [2.05, 4.69) is 5.32 Å². The summed E-state index contributed by atoms with van der Waals surface area (Å²) in [6.07, 6.45) is 1.56. The van der Waals surface area contributed by atoms with E-state index in [1.165, 1.54) is 6.07 Å². The van der Waals surface area contributed by atoms with Gasteiger partial charge < -0.3 is 11.1 Å². The van der Waals surface area contributed by atoms with Crippen LogP contribution in [0.1, 0.15) is 30.1 Å². The molecule has 0 bridgehead atoms. The third-order valence-electron chi connectivity index (χ3n) is 2.30. The van der Waals surface area contributed by atoms with Gasteiger partial charge in [-0.25, -0.2) is 8.78 Å². The monoisotopic (exact) mass is 242 g/mol. The second kappa shape index (κ2) is 6.30. The second-order valence-electron chi connectivity index (χ2n) is 4.00. The Morgan fingerprint density at radius 2 is 2.12 bits per heavy atom. The van der Waals surface area contributed by atoms with Gasteiger partial charge in [-0.05, 0) is 38.0 Å². The molecule has 0 aromatic heterocycles. The molecule has 0 aliphatic carbocycles. The zero-order valence-electron chi connectivity index (χ0n) is 9.67. The first-order chi connectivity index (χ1) is 8.00. The molecular weight excluding hydrogens is 226 g/mol. The molecule has 5 heteroatoms. The average molecular weight is 242 g/mol. The van der Waals surface area contributed by atoms with Crippen LogP contribution in [0.5, 0.6) is 0 Å².